The van der Waals surface area contributed by atoms with Crippen LogP contribution in [-0.2, 0) is 22.4 Å². The van der Waals surface area contributed by atoms with Crippen molar-refractivity contribution in [2.75, 3.05) is 5.75 Å². The van der Waals surface area contributed by atoms with Gasteiger partial charge >= 0.3 is 5.97 Å². The molecule has 21 heavy (non-hydrogen) atoms. The van der Waals surface area contributed by atoms with Crippen molar-refractivity contribution in [2.45, 2.75) is 37.3 Å². The fourth-order valence-electron chi connectivity index (χ4n) is 2.23. The lowest BCUT2D eigenvalue weighted by atomic mass is 10.2. The number of hydrogen-bond acceptors (Lipinski definition) is 5. The van der Waals surface area contributed by atoms with Gasteiger partial charge in [-0.25, -0.2) is 9.78 Å². The lowest BCUT2D eigenvalue weighted by molar-refractivity contribution is -0.140. The average Bonchev–Trinajstić information content (AvgIpc) is 2.88. The van der Waals surface area contributed by atoms with E-state index in [1.165, 1.54) is 18.7 Å². The number of fused-ring (bicyclic) bond motifs is 1. The summed E-state index contributed by atoms with van der Waals surface area (Å²) in [5.41, 5.74) is 2.56. The molecule has 6 nitrogen and oxygen atoms in total. The number of rotatable bonds is 5. The van der Waals surface area contributed by atoms with Crippen molar-refractivity contribution < 1.29 is 14.7 Å². The number of aryl methyl sites for hydroxylation is 2. The van der Waals surface area contributed by atoms with Crippen LogP contribution >= 0.6 is 11.8 Å². The van der Waals surface area contributed by atoms with Crippen LogP contribution in [0.4, 0.5) is 0 Å². The molecule has 2 rings (SSSR count). The average molecular weight is 305 g/mol. The Morgan fingerprint density at radius 3 is 2.95 bits per heavy atom. The monoisotopic (exact) mass is 305 g/mol. The third kappa shape index (κ3) is 3.73. The van der Waals surface area contributed by atoms with Crippen molar-refractivity contribution in [3.8, 4) is 6.07 Å². The predicted molar refractivity (Wildman–Crippen MR) is 76.9 cm³/mol. The van der Waals surface area contributed by atoms with Crippen molar-refractivity contribution in [3.63, 3.8) is 0 Å². The molecule has 1 atom stereocenters. The van der Waals surface area contributed by atoms with Gasteiger partial charge in [-0.3, -0.25) is 4.79 Å². The fraction of sp³-hybridized carbons (Fsp3) is 0.429. The summed E-state index contributed by atoms with van der Waals surface area (Å²) in [6.07, 6.45) is 2.86. The van der Waals surface area contributed by atoms with E-state index in [9.17, 15) is 14.9 Å². The topological polar surface area (TPSA) is 103 Å². The van der Waals surface area contributed by atoms with Gasteiger partial charge < -0.3 is 10.4 Å². The van der Waals surface area contributed by atoms with Crippen molar-refractivity contribution >= 4 is 23.6 Å². The number of carbonyl (C=O) groups excluding carboxylic acids is 1. The summed E-state index contributed by atoms with van der Waals surface area (Å²) in [5, 5.41) is 21.2. The van der Waals surface area contributed by atoms with Crippen LogP contribution in [0.15, 0.2) is 11.1 Å². The van der Waals surface area contributed by atoms with E-state index >= 15 is 0 Å². The normalized spacial score (nSPS) is 14.1. The minimum Gasteiger partial charge on any atom is -0.480 e. The van der Waals surface area contributed by atoms with Gasteiger partial charge in [0, 0.05) is 18.4 Å². The highest BCUT2D eigenvalue weighted by molar-refractivity contribution is 7.99. The Kier molecular flexibility index (Phi) is 4.81. The molecule has 110 valence electrons. The lowest BCUT2D eigenvalue weighted by Crippen LogP contribution is -2.41. The second-order valence-corrected chi connectivity index (χ2v) is 5.82. The van der Waals surface area contributed by atoms with Gasteiger partial charge in [-0.1, -0.05) is 0 Å². The largest absolute Gasteiger partial charge is 0.480 e. The SMILES string of the molecule is CC(=O)N[C@@H](CSc1nc2c(cc1C#N)CCC2)C(=O)O. The number of aliphatic carboxylic acids is 1. The minimum atomic E-state index is -1.10. The molecule has 1 aromatic heterocycles. The molecule has 1 aliphatic rings. The number of carbonyl (C=O) groups is 2. The molecule has 0 saturated carbocycles. The number of amides is 1. The van der Waals surface area contributed by atoms with E-state index in [0.29, 0.717) is 10.6 Å². The summed E-state index contributed by atoms with van der Waals surface area (Å²) >= 11 is 1.19. The van der Waals surface area contributed by atoms with Gasteiger partial charge in [-0.15, -0.1) is 11.8 Å². The van der Waals surface area contributed by atoms with Crippen LogP contribution in [0.25, 0.3) is 0 Å². The van der Waals surface area contributed by atoms with Gasteiger partial charge in [-0.05, 0) is 30.9 Å². The van der Waals surface area contributed by atoms with Gasteiger partial charge in [0.1, 0.15) is 17.1 Å². The van der Waals surface area contributed by atoms with E-state index in [2.05, 4.69) is 16.4 Å². The Hall–Kier alpha value is -2.07. The minimum absolute atomic E-state index is 0.134. The van der Waals surface area contributed by atoms with Crippen molar-refractivity contribution in [3.05, 3.63) is 22.9 Å². The standard InChI is InChI=1S/C14H15N3O3S/c1-8(18)16-12(14(19)20)7-21-13-10(6-15)5-9-3-2-4-11(9)17-13/h5,12H,2-4,7H2,1H3,(H,16,18)(H,19,20)/t12-/m0/s1. The molecule has 0 bridgehead atoms. The first-order chi connectivity index (χ1) is 10.0. The molecule has 1 amide bonds. The number of carboxylic acids is 1. The number of nitrogens with one attached hydrogen (secondary N) is 1. The van der Waals surface area contributed by atoms with Gasteiger partial charge in [0.2, 0.25) is 5.91 Å². The maximum absolute atomic E-state index is 11.1. The zero-order valence-corrected chi connectivity index (χ0v) is 12.4. The first kappa shape index (κ1) is 15.3. The molecule has 1 aromatic rings. The molecular formula is C14H15N3O3S. The Bertz CT molecular complexity index is 625. The van der Waals surface area contributed by atoms with Crippen molar-refractivity contribution in [1.82, 2.24) is 10.3 Å². The van der Waals surface area contributed by atoms with Gasteiger partial charge in [0.05, 0.1) is 5.56 Å². The number of carboxylic acid groups (broad SMARTS) is 1. The lowest BCUT2D eigenvalue weighted by Gasteiger charge is -2.13. The van der Waals surface area contributed by atoms with Crippen LogP contribution in [0.2, 0.25) is 0 Å². The molecule has 0 unspecified atom stereocenters. The Balaban J connectivity index is 2.14. The summed E-state index contributed by atoms with van der Waals surface area (Å²) in [6.45, 7) is 1.27. The molecule has 0 fully saturated rings. The smallest absolute Gasteiger partial charge is 0.327 e. The molecule has 1 heterocycles. The first-order valence-electron chi connectivity index (χ1n) is 6.57. The number of thioether (sulfide) groups is 1. The number of nitriles is 1. The van der Waals surface area contributed by atoms with Crippen LogP contribution in [0, 0.1) is 11.3 Å². The molecule has 7 heteroatoms. The van der Waals surface area contributed by atoms with Gasteiger partial charge in [0.25, 0.3) is 0 Å². The second kappa shape index (κ2) is 6.59. The second-order valence-electron chi connectivity index (χ2n) is 4.81. The van der Waals surface area contributed by atoms with Crippen LogP contribution in [-0.4, -0.2) is 33.8 Å². The summed E-state index contributed by atoms with van der Waals surface area (Å²) in [7, 11) is 0. The van der Waals surface area contributed by atoms with Crippen LogP contribution < -0.4 is 5.32 Å². The van der Waals surface area contributed by atoms with E-state index in [1.807, 2.05) is 6.07 Å². The van der Waals surface area contributed by atoms with Crippen LogP contribution in [0.5, 0.6) is 0 Å². The molecule has 0 radical (unpaired) electrons. The van der Waals surface area contributed by atoms with Crippen LogP contribution in [0.3, 0.4) is 0 Å². The van der Waals surface area contributed by atoms with E-state index < -0.39 is 17.9 Å². The van der Waals surface area contributed by atoms with E-state index in [4.69, 9.17) is 5.11 Å². The van der Waals surface area contributed by atoms with Gasteiger partial charge in [0.15, 0.2) is 0 Å². The highest BCUT2D eigenvalue weighted by Gasteiger charge is 2.21. The zero-order chi connectivity index (χ0) is 15.4. The van der Waals surface area contributed by atoms with Crippen molar-refractivity contribution in [2.24, 2.45) is 0 Å². The molecular weight excluding hydrogens is 290 g/mol. The molecule has 0 spiro atoms. The summed E-state index contributed by atoms with van der Waals surface area (Å²) in [4.78, 5) is 26.5. The maximum atomic E-state index is 11.1. The number of pyridine rings is 1. The quantitative estimate of drug-likeness (QED) is 0.790. The fourth-order valence-corrected chi connectivity index (χ4v) is 3.21. The number of aromatic nitrogens is 1. The maximum Gasteiger partial charge on any atom is 0.327 e. The summed E-state index contributed by atoms with van der Waals surface area (Å²) in [6, 6.07) is 2.95. The Morgan fingerprint density at radius 2 is 2.33 bits per heavy atom. The van der Waals surface area contributed by atoms with E-state index in [-0.39, 0.29) is 5.75 Å². The third-order valence-electron chi connectivity index (χ3n) is 3.20. The molecule has 0 saturated heterocycles. The van der Waals surface area contributed by atoms with Gasteiger partial charge in [-0.2, -0.15) is 5.26 Å². The highest BCUT2D eigenvalue weighted by Crippen LogP contribution is 2.28. The molecule has 2 N–H and O–H groups in total. The first-order valence-corrected chi connectivity index (χ1v) is 7.55. The third-order valence-corrected chi connectivity index (χ3v) is 4.28. The van der Waals surface area contributed by atoms with E-state index in [1.54, 1.807) is 0 Å². The summed E-state index contributed by atoms with van der Waals surface area (Å²) < 4.78 is 0. The Labute approximate surface area is 126 Å². The molecule has 0 aliphatic heterocycles. The highest BCUT2D eigenvalue weighted by atomic mass is 32.2. The van der Waals surface area contributed by atoms with Crippen LogP contribution in [0.1, 0.15) is 30.2 Å². The number of hydrogen-bond donors (Lipinski definition) is 2. The Morgan fingerprint density at radius 1 is 1.57 bits per heavy atom. The van der Waals surface area contributed by atoms with Crippen molar-refractivity contribution in [1.29, 1.82) is 5.26 Å². The molecule has 0 aromatic carbocycles. The summed E-state index contributed by atoms with van der Waals surface area (Å²) in [5.74, 6) is -1.36. The predicted octanol–water partition coefficient (Wildman–Crippen LogP) is 1.12. The number of nitrogens with zero attached hydrogens (tertiary/aromatic N) is 2. The zero-order valence-electron chi connectivity index (χ0n) is 11.5. The van der Waals surface area contributed by atoms with E-state index in [0.717, 1.165) is 30.5 Å². The molecule has 1 aliphatic carbocycles.